The van der Waals surface area contributed by atoms with Crippen molar-refractivity contribution in [2.45, 2.75) is 12.8 Å². The molecule has 0 radical (unpaired) electrons. The highest BCUT2D eigenvalue weighted by atomic mass is 16.2. The van der Waals surface area contributed by atoms with Gasteiger partial charge < -0.3 is 20.9 Å². The summed E-state index contributed by atoms with van der Waals surface area (Å²) in [5.74, 6) is -0.375. The Bertz CT molecular complexity index is 800. The number of carbonyl (C=O) groups is 3. The van der Waals surface area contributed by atoms with Crippen LogP contribution in [0, 0.1) is 0 Å². The molecule has 2 aromatic carbocycles. The highest BCUT2D eigenvalue weighted by molar-refractivity contribution is 6.00. The molecule has 1 heterocycles. The van der Waals surface area contributed by atoms with E-state index in [2.05, 4.69) is 16.0 Å². The zero-order chi connectivity index (χ0) is 19.1. The molecule has 4 amide bonds. The molecule has 1 saturated heterocycles. The van der Waals surface area contributed by atoms with Crippen molar-refractivity contribution >= 4 is 29.2 Å². The minimum Gasteiger partial charge on any atom is -0.343 e. The number of nitrogens with zero attached hydrogens (tertiary/aromatic N) is 1. The van der Waals surface area contributed by atoms with Crippen LogP contribution in [0.3, 0.4) is 0 Å². The number of anilines is 2. The second-order valence-electron chi connectivity index (χ2n) is 6.29. The SMILES string of the molecule is O=C(Nc1ccccc1)Nc1ccc(C(=O)NCC(=O)N2CCCC2)cc1. The number of hydrogen-bond acceptors (Lipinski definition) is 3. The lowest BCUT2D eigenvalue weighted by molar-refractivity contribution is -0.129. The van der Waals surface area contributed by atoms with Crippen LogP contribution in [-0.2, 0) is 4.79 Å². The van der Waals surface area contributed by atoms with Gasteiger partial charge in [-0.2, -0.15) is 0 Å². The van der Waals surface area contributed by atoms with Gasteiger partial charge in [-0.15, -0.1) is 0 Å². The fourth-order valence-electron chi connectivity index (χ4n) is 2.86. The summed E-state index contributed by atoms with van der Waals surface area (Å²) in [6.45, 7) is 1.53. The van der Waals surface area contributed by atoms with Gasteiger partial charge in [0, 0.05) is 30.0 Å². The number of amides is 4. The number of carbonyl (C=O) groups excluding carboxylic acids is 3. The molecule has 0 aromatic heterocycles. The van der Waals surface area contributed by atoms with Crippen LogP contribution in [0.15, 0.2) is 54.6 Å². The molecule has 0 spiro atoms. The van der Waals surface area contributed by atoms with E-state index >= 15 is 0 Å². The normalized spacial score (nSPS) is 13.1. The Kier molecular flexibility index (Phi) is 6.04. The Hall–Kier alpha value is -3.35. The predicted octanol–water partition coefficient (Wildman–Crippen LogP) is 2.68. The minimum atomic E-state index is -0.366. The first kappa shape index (κ1) is 18.4. The summed E-state index contributed by atoms with van der Waals surface area (Å²) in [6, 6.07) is 15.2. The Morgan fingerprint density at radius 1 is 0.815 bits per heavy atom. The average molecular weight is 366 g/mol. The van der Waals surface area contributed by atoms with E-state index in [0.717, 1.165) is 25.9 Å². The summed E-state index contributed by atoms with van der Waals surface area (Å²) in [5, 5.41) is 8.06. The van der Waals surface area contributed by atoms with Crippen molar-refractivity contribution in [2.24, 2.45) is 0 Å². The van der Waals surface area contributed by atoms with E-state index in [1.807, 2.05) is 18.2 Å². The van der Waals surface area contributed by atoms with E-state index in [0.29, 0.717) is 16.9 Å². The van der Waals surface area contributed by atoms with Crippen LogP contribution in [-0.4, -0.2) is 42.4 Å². The lowest BCUT2D eigenvalue weighted by Crippen LogP contribution is -2.38. The first-order chi connectivity index (χ1) is 13.1. The van der Waals surface area contributed by atoms with Crippen molar-refractivity contribution in [3.8, 4) is 0 Å². The molecule has 3 N–H and O–H groups in total. The lowest BCUT2D eigenvalue weighted by atomic mass is 10.2. The molecule has 1 aliphatic rings. The first-order valence-electron chi connectivity index (χ1n) is 8.91. The quantitative estimate of drug-likeness (QED) is 0.760. The van der Waals surface area contributed by atoms with Crippen LogP contribution >= 0.6 is 0 Å². The zero-order valence-corrected chi connectivity index (χ0v) is 14.9. The van der Waals surface area contributed by atoms with E-state index in [1.165, 1.54) is 0 Å². The van der Waals surface area contributed by atoms with Gasteiger partial charge in [0.05, 0.1) is 6.54 Å². The number of hydrogen-bond donors (Lipinski definition) is 3. The van der Waals surface area contributed by atoms with Crippen LogP contribution < -0.4 is 16.0 Å². The maximum absolute atomic E-state index is 12.2. The molecule has 0 saturated carbocycles. The highest BCUT2D eigenvalue weighted by Gasteiger charge is 2.18. The first-order valence-corrected chi connectivity index (χ1v) is 8.91. The van der Waals surface area contributed by atoms with Gasteiger partial charge in [0.15, 0.2) is 0 Å². The third-order valence-electron chi connectivity index (χ3n) is 4.30. The summed E-state index contributed by atoms with van der Waals surface area (Å²) < 4.78 is 0. The molecule has 0 bridgehead atoms. The van der Waals surface area contributed by atoms with Crippen LogP contribution in [0.5, 0.6) is 0 Å². The number of benzene rings is 2. The van der Waals surface area contributed by atoms with E-state index in [9.17, 15) is 14.4 Å². The average Bonchev–Trinajstić information content (AvgIpc) is 3.22. The number of nitrogens with one attached hydrogen (secondary N) is 3. The van der Waals surface area contributed by atoms with Gasteiger partial charge in [0.1, 0.15) is 0 Å². The van der Waals surface area contributed by atoms with Crippen LogP contribution in [0.4, 0.5) is 16.2 Å². The summed E-state index contributed by atoms with van der Waals surface area (Å²) in [6.07, 6.45) is 2.04. The molecular formula is C20H22N4O3. The van der Waals surface area contributed by atoms with Crippen molar-refractivity contribution in [1.29, 1.82) is 0 Å². The lowest BCUT2D eigenvalue weighted by Gasteiger charge is -2.15. The molecule has 2 aromatic rings. The number of urea groups is 1. The Morgan fingerprint density at radius 3 is 2.04 bits per heavy atom. The summed E-state index contributed by atoms with van der Waals surface area (Å²) in [7, 11) is 0. The number of rotatable bonds is 5. The summed E-state index contributed by atoms with van der Waals surface area (Å²) >= 11 is 0. The fraction of sp³-hybridized carbons (Fsp3) is 0.250. The van der Waals surface area contributed by atoms with Crippen molar-refractivity contribution in [3.63, 3.8) is 0 Å². The van der Waals surface area contributed by atoms with Crippen molar-refractivity contribution < 1.29 is 14.4 Å². The van der Waals surface area contributed by atoms with Gasteiger partial charge in [-0.3, -0.25) is 9.59 Å². The number of likely N-dealkylation sites (tertiary alicyclic amines) is 1. The molecule has 7 nitrogen and oxygen atoms in total. The largest absolute Gasteiger partial charge is 0.343 e. The predicted molar refractivity (Wildman–Crippen MR) is 104 cm³/mol. The Balaban J connectivity index is 1.48. The number of para-hydroxylation sites is 1. The van der Waals surface area contributed by atoms with Crippen LogP contribution in [0.1, 0.15) is 23.2 Å². The third-order valence-corrected chi connectivity index (χ3v) is 4.30. The molecule has 1 aliphatic heterocycles. The van der Waals surface area contributed by atoms with Gasteiger partial charge >= 0.3 is 6.03 Å². The van der Waals surface area contributed by atoms with Crippen LogP contribution in [0.25, 0.3) is 0 Å². The van der Waals surface area contributed by atoms with Gasteiger partial charge in [-0.05, 0) is 49.2 Å². The summed E-state index contributed by atoms with van der Waals surface area (Å²) in [4.78, 5) is 37.8. The van der Waals surface area contributed by atoms with Gasteiger partial charge in [0.25, 0.3) is 5.91 Å². The monoisotopic (exact) mass is 366 g/mol. The molecule has 0 aliphatic carbocycles. The van der Waals surface area contributed by atoms with Gasteiger partial charge in [-0.1, -0.05) is 18.2 Å². The van der Waals surface area contributed by atoms with Gasteiger partial charge in [0.2, 0.25) is 5.91 Å². The second kappa shape index (κ2) is 8.84. The smallest absolute Gasteiger partial charge is 0.323 e. The molecule has 0 unspecified atom stereocenters. The Morgan fingerprint density at radius 2 is 1.41 bits per heavy atom. The molecule has 27 heavy (non-hydrogen) atoms. The third kappa shape index (κ3) is 5.31. The maximum Gasteiger partial charge on any atom is 0.323 e. The summed E-state index contributed by atoms with van der Waals surface area (Å²) in [5.41, 5.74) is 1.68. The highest BCUT2D eigenvalue weighted by Crippen LogP contribution is 2.12. The second-order valence-corrected chi connectivity index (χ2v) is 6.29. The molecule has 140 valence electrons. The van der Waals surface area contributed by atoms with Crippen molar-refractivity contribution in [1.82, 2.24) is 10.2 Å². The van der Waals surface area contributed by atoms with Crippen molar-refractivity contribution in [3.05, 3.63) is 60.2 Å². The topological polar surface area (TPSA) is 90.5 Å². The van der Waals surface area contributed by atoms with E-state index in [4.69, 9.17) is 0 Å². The molecule has 1 fully saturated rings. The van der Waals surface area contributed by atoms with Crippen molar-refractivity contribution in [2.75, 3.05) is 30.3 Å². The maximum atomic E-state index is 12.2. The minimum absolute atomic E-state index is 0.00167. The standard InChI is InChI=1S/C20H22N4O3/c25-18(24-12-4-5-13-24)14-21-19(26)15-8-10-17(11-9-15)23-20(27)22-16-6-2-1-3-7-16/h1-3,6-11H,4-5,12-14H2,(H,21,26)(H2,22,23,27). The van der Waals surface area contributed by atoms with E-state index in [1.54, 1.807) is 41.3 Å². The molecule has 7 heteroatoms. The van der Waals surface area contributed by atoms with E-state index < -0.39 is 0 Å². The van der Waals surface area contributed by atoms with Crippen LogP contribution in [0.2, 0.25) is 0 Å². The molecule has 0 atom stereocenters. The Labute approximate surface area is 157 Å². The molecular weight excluding hydrogens is 344 g/mol. The molecule has 3 rings (SSSR count). The fourth-order valence-corrected chi connectivity index (χ4v) is 2.86. The zero-order valence-electron chi connectivity index (χ0n) is 14.9. The van der Waals surface area contributed by atoms with E-state index in [-0.39, 0.29) is 24.4 Å². The van der Waals surface area contributed by atoms with Gasteiger partial charge in [-0.25, -0.2) is 4.79 Å².